The van der Waals surface area contributed by atoms with Crippen molar-refractivity contribution in [1.82, 2.24) is 20.5 Å². The molecule has 6 N–H and O–H groups in total. The van der Waals surface area contributed by atoms with Crippen molar-refractivity contribution in [3.8, 4) is 0 Å². The van der Waals surface area contributed by atoms with E-state index in [1.165, 1.54) is 4.90 Å². The molecule has 0 radical (unpaired) electrons. The van der Waals surface area contributed by atoms with Gasteiger partial charge in [-0.15, -0.1) is 0 Å². The van der Waals surface area contributed by atoms with E-state index >= 15 is 0 Å². The first-order valence-corrected chi connectivity index (χ1v) is 13.5. The van der Waals surface area contributed by atoms with Gasteiger partial charge in [-0.25, -0.2) is 0 Å². The Kier molecular flexibility index (Phi) is 8.75. The number of hydrogen-bond donors (Lipinski definition) is 5. The molecule has 4 rings (SSSR count). The summed E-state index contributed by atoms with van der Waals surface area (Å²) in [6, 6.07) is 11.4. The van der Waals surface area contributed by atoms with Crippen molar-refractivity contribution in [3.05, 3.63) is 70.9 Å². The van der Waals surface area contributed by atoms with Gasteiger partial charge < -0.3 is 31.4 Å². The number of aromatic nitrogens is 1. The summed E-state index contributed by atoms with van der Waals surface area (Å²) in [5.74, 6) is -3.91. The molecule has 0 unspecified atom stereocenters. The number of benzene rings is 2. The number of rotatable bonds is 10. The molecule has 0 fully saturated rings. The van der Waals surface area contributed by atoms with Gasteiger partial charge in [0.05, 0.1) is 13.0 Å². The zero-order valence-corrected chi connectivity index (χ0v) is 23.3. The number of amides is 4. The predicted octanol–water partition coefficient (Wildman–Crippen LogP) is 2.02. The van der Waals surface area contributed by atoms with E-state index in [0.29, 0.717) is 5.56 Å². The summed E-state index contributed by atoms with van der Waals surface area (Å²) < 4.78 is 0. The standard InChI is InChI=1S/C30H35N5O6/c1-16(2)11-23(28(39)33-22(27(31)38)14-26(36)37)34-29(40)25-13-20-19-9-4-5-10-21(19)32-24(20)15-35(25)30(41)18-8-6-7-17(3)12-18/h4-10,12,16,22-23,25,32H,11,13-15H2,1-3H3,(H2,31,38)(H,33,39)(H,34,40)(H,36,37)/t22-,23-,25+/m0/s1. The maximum absolute atomic E-state index is 13.9. The smallest absolute Gasteiger partial charge is 0.305 e. The lowest BCUT2D eigenvalue weighted by Gasteiger charge is -2.36. The van der Waals surface area contributed by atoms with E-state index in [2.05, 4.69) is 15.6 Å². The molecule has 41 heavy (non-hydrogen) atoms. The van der Waals surface area contributed by atoms with Gasteiger partial charge in [-0.2, -0.15) is 0 Å². The molecule has 0 saturated carbocycles. The molecule has 2 heterocycles. The summed E-state index contributed by atoms with van der Waals surface area (Å²) in [7, 11) is 0. The fourth-order valence-corrected chi connectivity index (χ4v) is 5.24. The van der Waals surface area contributed by atoms with Gasteiger partial charge in [-0.05, 0) is 43.0 Å². The highest BCUT2D eigenvalue weighted by Crippen LogP contribution is 2.31. The van der Waals surface area contributed by atoms with Crippen LogP contribution >= 0.6 is 0 Å². The van der Waals surface area contributed by atoms with Gasteiger partial charge in [0, 0.05) is 28.6 Å². The number of carboxylic acids is 1. The van der Waals surface area contributed by atoms with Gasteiger partial charge in [-0.1, -0.05) is 49.7 Å². The zero-order valence-electron chi connectivity index (χ0n) is 23.3. The van der Waals surface area contributed by atoms with Crippen LogP contribution in [0.1, 0.15) is 53.9 Å². The molecule has 3 atom stereocenters. The van der Waals surface area contributed by atoms with Crippen LogP contribution in [0.3, 0.4) is 0 Å². The highest BCUT2D eigenvalue weighted by atomic mass is 16.4. The monoisotopic (exact) mass is 561 g/mol. The van der Waals surface area contributed by atoms with Crippen LogP contribution in [0.25, 0.3) is 10.9 Å². The second-order valence-corrected chi connectivity index (χ2v) is 10.9. The Balaban J connectivity index is 1.65. The van der Waals surface area contributed by atoms with Crippen molar-refractivity contribution in [2.24, 2.45) is 11.7 Å². The lowest BCUT2D eigenvalue weighted by Crippen LogP contribution is -2.58. The van der Waals surface area contributed by atoms with Crippen LogP contribution in [0, 0.1) is 12.8 Å². The molecule has 4 amide bonds. The Hall–Kier alpha value is -4.67. The first-order valence-electron chi connectivity index (χ1n) is 13.5. The molecule has 1 aliphatic rings. The molecule has 3 aromatic rings. The molecule has 11 nitrogen and oxygen atoms in total. The van der Waals surface area contributed by atoms with E-state index < -0.39 is 48.2 Å². The molecule has 11 heteroatoms. The summed E-state index contributed by atoms with van der Waals surface area (Å²) in [6.45, 7) is 5.77. The second-order valence-electron chi connectivity index (χ2n) is 10.9. The molecule has 1 aliphatic heterocycles. The highest BCUT2D eigenvalue weighted by molar-refractivity contribution is 6.00. The van der Waals surface area contributed by atoms with Gasteiger partial charge in [0.2, 0.25) is 17.7 Å². The van der Waals surface area contributed by atoms with Crippen molar-refractivity contribution in [2.75, 3.05) is 0 Å². The van der Waals surface area contributed by atoms with Crippen molar-refractivity contribution < 1.29 is 29.1 Å². The van der Waals surface area contributed by atoms with E-state index in [-0.39, 0.29) is 31.2 Å². The SMILES string of the molecule is Cc1cccc(C(=O)N2Cc3[nH]c4ccccc4c3C[C@@H]2C(=O)N[C@@H](CC(C)C)C(=O)N[C@@H](CC(=O)O)C(N)=O)c1. The minimum Gasteiger partial charge on any atom is -0.481 e. The number of para-hydroxylation sites is 1. The first kappa shape index (κ1) is 29.3. The van der Waals surface area contributed by atoms with Crippen molar-refractivity contribution in [1.29, 1.82) is 0 Å². The number of primary amides is 1. The Morgan fingerprint density at radius 1 is 1.05 bits per heavy atom. The fraction of sp³-hybridized carbons (Fsp3) is 0.367. The van der Waals surface area contributed by atoms with Crippen LogP contribution in [-0.2, 0) is 32.1 Å². The largest absolute Gasteiger partial charge is 0.481 e. The van der Waals surface area contributed by atoms with Gasteiger partial charge in [0.15, 0.2) is 0 Å². The summed E-state index contributed by atoms with van der Waals surface area (Å²) in [4.78, 5) is 68.7. The van der Waals surface area contributed by atoms with Crippen molar-refractivity contribution in [2.45, 2.75) is 64.7 Å². The van der Waals surface area contributed by atoms with Gasteiger partial charge in [0.1, 0.15) is 18.1 Å². The molecule has 0 spiro atoms. The lowest BCUT2D eigenvalue weighted by atomic mass is 9.94. The fourth-order valence-electron chi connectivity index (χ4n) is 5.24. The number of carbonyl (C=O) groups is 5. The van der Waals surface area contributed by atoms with Crippen LogP contribution in [-0.4, -0.2) is 62.7 Å². The lowest BCUT2D eigenvalue weighted by molar-refractivity contribution is -0.140. The van der Waals surface area contributed by atoms with Gasteiger partial charge in [-0.3, -0.25) is 24.0 Å². The second kappa shape index (κ2) is 12.2. The first-order chi connectivity index (χ1) is 19.4. The van der Waals surface area contributed by atoms with Crippen LogP contribution in [0.5, 0.6) is 0 Å². The number of nitrogens with two attached hydrogens (primary N) is 1. The summed E-state index contributed by atoms with van der Waals surface area (Å²) >= 11 is 0. The number of nitrogens with zero attached hydrogens (tertiary/aromatic N) is 1. The molecular formula is C30H35N5O6. The molecular weight excluding hydrogens is 526 g/mol. The number of carboxylic acid groups (broad SMARTS) is 1. The molecule has 2 aromatic carbocycles. The van der Waals surface area contributed by atoms with Crippen molar-refractivity contribution in [3.63, 3.8) is 0 Å². The number of H-pyrrole nitrogens is 1. The van der Waals surface area contributed by atoms with E-state index in [9.17, 15) is 24.0 Å². The zero-order chi connectivity index (χ0) is 29.8. The number of aryl methyl sites for hydroxylation is 1. The minimum atomic E-state index is -1.44. The Bertz CT molecular complexity index is 1500. The van der Waals surface area contributed by atoms with Crippen LogP contribution in [0.2, 0.25) is 0 Å². The molecule has 216 valence electrons. The van der Waals surface area contributed by atoms with Gasteiger partial charge in [0.25, 0.3) is 5.91 Å². The Labute approximate surface area is 237 Å². The maximum atomic E-state index is 13.9. The minimum absolute atomic E-state index is 0.0332. The summed E-state index contributed by atoms with van der Waals surface area (Å²) in [6.07, 6.45) is -0.247. The van der Waals surface area contributed by atoms with E-state index in [1.807, 2.05) is 51.1 Å². The number of aromatic amines is 1. The van der Waals surface area contributed by atoms with Crippen LogP contribution < -0.4 is 16.4 Å². The van der Waals surface area contributed by atoms with E-state index in [4.69, 9.17) is 10.8 Å². The quantitative estimate of drug-likeness (QED) is 0.253. The Morgan fingerprint density at radius 3 is 2.44 bits per heavy atom. The third-order valence-electron chi connectivity index (χ3n) is 7.21. The van der Waals surface area contributed by atoms with Crippen molar-refractivity contribution >= 4 is 40.5 Å². The third-order valence-corrected chi connectivity index (χ3v) is 7.21. The topological polar surface area (TPSA) is 175 Å². The molecule has 0 bridgehead atoms. The predicted molar refractivity (Wildman–Crippen MR) is 152 cm³/mol. The number of fused-ring (bicyclic) bond motifs is 3. The van der Waals surface area contributed by atoms with E-state index in [0.717, 1.165) is 27.7 Å². The number of carbonyl (C=O) groups excluding carboxylic acids is 4. The number of nitrogens with one attached hydrogen (secondary N) is 3. The molecule has 1 aromatic heterocycles. The van der Waals surface area contributed by atoms with Crippen LogP contribution in [0.4, 0.5) is 0 Å². The van der Waals surface area contributed by atoms with Gasteiger partial charge >= 0.3 is 5.97 Å². The molecule has 0 aliphatic carbocycles. The number of aliphatic carboxylic acids is 1. The summed E-state index contributed by atoms with van der Waals surface area (Å²) in [5, 5.41) is 15.2. The average molecular weight is 562 g/mol. The maximum Gasteiger partial charge on any atom is 0.305 e. The number of hydrogen-bond acceptors (Lipinski definition) is 5. The average Bonchev–Trinajstić information content (AvgIpc) is 3.28. The normalized spacial score (nSPS) is 16.1. The third kappa shape index (κ3) is 6.74. The van der Waals surface area contributed by atoms with Crippen LogP contribution in [0.15, 0.2) is 48.5 Å². The summed E-state index contributed by atoms with van der Waals surface area (Å²) in [5.41, 5.74) is 9.30. The molecule has 0 saturated heterocycles. The Morgan fingerprint density at radius 2 is 1.78 bits per heavy atom. The van der Waals surface area contributed by atoms with E-state index in [1.54, 1.807) is 18.2 Å². The highest BCUT2D eigenvalue weighted by Gasteiger charge is 2.38.